The van der Waals surface area contributed by atoms with Crippen molar-refractivity contribution in [2.75, 3.05) is 0 Å². The molecule has 0 heterocycles. The minimum atomic E-state index is -0.0869. The quantitative estimate of drug-likeness (QED) is 0.394. The second kappa shape index (κ2) is 7.73. The fourth-order valence-corrected chi connectivity index (χ4v) is 5.13. The van der Waals surface area contributed by atoms with Gasteiger partial charge in [0.2, 0.25) is 0 Å². The van der Waals surface area contributed by atoms with Crippen molar-refractivity contribution < 1.29 is 0 Å². The number of hydrogen-bond acceptors (Lipinski definition) is 0. The van der Waals surface area contributed by atoms with E-state index < -0.39 is 0 Å². The third kappa shape index (κ3) is 5.38. The Balaban J connectivity index is 2.40. The topological polar surface area (TPSA) is 0 Å². The Morgan fingerprint density at radius 2 is 2.07 bits per heavy atom. The van der Waals surface area contributed by atoms with Gasteiger partial charge in [-0.3, -0.25) is 0 Å². The minimum absolute atomic E-state index is 0.0869. The maximum absolute atomic E-state index is 2.50. The third-order valence-corrected chi connectivity index (χ3v) is 6.22. The van der Waals surface area contributed by atoms with Gasteiger partial charge in [0.25, 0.3) is 0 Å². The molecule has 1 rings (SSSR count). The Labute approximate surface area is 110 Å². The van der Waals surface area contributed by atoms with Crippen molar-refractivity contribution in [2.45, 2.75) is 26.2 Å². The second-order valence-corrected chi connectivity index (χ2v) is 9.68. The first kappa shape index (κ1) is 12.5. The van der Waals surface area contributed by atoms with Gasteiger partial charge in [0.15, 0.2) is 0 Å². The summed E-state index contributed by atoms with van der Waals surface area (Å²) in [6.45, 7) is 2.24. The monoisotopic (exact) mass is 416 g/mol. The van der Waals surface area contributed by atoms with E-state index in [9.17, 15) is 0 Å². The van der Waals surface area contributed by atoms with Gasteiger partial charge in [-0.2, -0.15) is 0 Å². The molecule has 0 aliphatic rings. The molecular weight excluding hydrogens is 399 g/mol. The molecule has 0 bridgehead atoms. The zero-order chi connectivity index (χ0) is 10.2. The zero-order valence-corrected chi connectivity index (χ0v) is 12.9. The molecule has 0 amide bonds. The molecule has 0 aliphatic heterocycles. The average molecular weight is 414 g/mol. The van der Waals surface area contributed by atoms with Crippen LogP contribution in [0.4, 0.5) is 0 Å². The molecule has 2 heteroatoms. The molecule has 0 radical (unpaired) electrons. The SMILES string of the molecule is CCCC/C=C(/I)[Te]c1ccccc1. The van der Waals surface area contributed by atoms with Crippen LogP contribution in [0.15, 0.2) is 38.0 Å². The van der Waals surface area contributed by atoms with Gasteiger partial charge in [0.1, 0.15) is 0 Å². The predicted molar refractivity (Wildman–Crippen MR) is 73.5 cm³/mol. The molecule has 0 saturated carbocycles. The van der Waals surface area contributed by atoms with Gasteiger partial charge in [-0.05, 0) is 0 Å². The molecule has 76 valence electrons. The van der Waals surface area contributed by atoms with Crippen molar-refractivity contribution >= 4 is 47.1 Å². The van der Waals surface area contributed by atoms with Crippen LogP contribution in [0.25, 0.3) is 0 Å². The fourth-order valence-electron chi connectivity index (χ4n) is 1.06. The van der Waals surface area contributed by atoms with Crippen molar-refractivity contribution in [3.8, 4) is 0 Å². The van der Waals surface area contributed by atoms with Crippen molar-refractivity contribution in [3.05, 3.63) is 38.0 Å². The molecule has 0 saturated heterocycles. The van der Waals surface area contributed by atoms with E-state index in [2.05, 4.69) is 65.9 Å². The molecule has 0 fully saturated rings. The van der Waals surface area contributed by atoms with Gasteiger partial charge in [-0.25, -0.2) is 0 Å². The van der Waals surface area contributed by atoms with Crippen molar-refractivity contribution in [2.24, 2.45) is 0 Å². The van der Waals surface area contributed by atoms with E-state index in [-0.39, 0.29) is 20.9 Å². The molecule has 0 nitrogen and oxygen atoms in total. The van der Waals surface area contributed by atoms with Crippen LogP contribution < -0.4 is 3.61 Å². The molecule has 0 aromatic heterocycles. The number of rotatable bonds is 5. The molecule has 0 atom stereocenters. The number of hydrogen-bond donors (Lipinski definition) is 0. The molecule has 0 N–H and O–H groups in total. The van der Waals surface area contributed by atoms with E-state index >= 15 is 0 Å². The average Bonchev–Trinajstić information content (AvgIpc) is 2.20. The van der Waals surface area contributed by atoms with Crippen molar-refractivity contribution in [1.82, 2.24) is 0 Å². The van der Waals surface area contributed by atoms with E-state index in [1.165, 1.54) is 22.9 Å². The Morgan fingerprint density at radius 3 is 2.71 bits per heavy atom. The van der Waals surface area contributed by atoms with E-state index in [4.69, 9.17) is 0 Å². The van der Waals surface area contributed by atoms with Gasteiger partial charge in [0.05, 0.1) is 0 Å². The van der Waals surface area contributed by atoms with Crippen LogP contribution in [0.3, 0.4) is 0 Å². The van der Waals surface area contributed by atoms with Crippen LogP contribution >= 0.6 is 22.6 Å². The summed E-state index contributed by atoms with van der Waals surface area (Å²) in [4.78, 5) is 0. The van der Waals surface area contributed by atoms with Crippen LogP contribution in [0.5, 0.6) is 0 Å². The van der Waals surface area contributed by atoms with E-state index in [0.29, 0.717) is 0 Å². The molecule has 14 heavy (non-hydrogen) atoms. The molecular formula is C12H15ITe. The van der Waals surface area contributed by atoms with Gasteiger partial charge < -0.3 is 0 Å². The van der Waals surface area contributed by atoms with Crippen LogP contribution in [0, 0.1) is 0 Å². The van der Waals surface area contributed by atoms with Crippen LogP contribution in [0.2, 0.25) is 0 Å². The van der Waals surface area contributed by atoms with Crippen LogP contribution in [-0.2, 0) is 0 Å². The number of unbranched alkanes of at least 4 members (excludes halogenated alkanes) is 2. The van der Waals surface area contributed by atoms with Gasteiger partial charge in [-0.1, -0.05) is 0 Å². The fraction of sp³-hybridized carbons (Fsp3) is 0.333. The first-order valence-corrected chi connectivity index (χ1v) is 8.32. The van der Waals surface area contributed by atoms with Gasteiger partial charge >= 0.3 is 111 Å². The standard InChI is InChI=1S/C12H15ITe/c1-2-3-5-10-12(13)14-11-8-6-4-7-9-11/h4,6-10H,2-3,5H2,1H3/b12-10-. The normalized spacial score (nSPS) is 11.7. The summed E-state index contributed by atoms with van der Waals surface area (Å²) in [5.41, 5.74) is 0. The van der Waals surface area contributed by atoms with Gasteiger partial charge in [-0.15, -0.1) is 0 Å². The summed E-state index contributed by atoms with van der Waals surface area (Å²) >= 11 is 2.42. The molecule has 0 aliphatic carbocycles. The Morgan fingerprint density at radius 1 is 1.36 bits per heavy atom. The van der Waals surface area contributed by atoms with Crippen LogP contribution in [0.1, 0.15) is 26.2 Å². The zero-order valence-electron chi connectivity index (χ0n) is 8.37. The first-order valence-electron chi connectivity index (χ1n) is 4.91. The predicted octanol–water partition coefficient (Wildman–Crippen LogP) is 3.48. The summed E-state index contributed by atoms with van der Waals surface area (Å²) in [7, 11) is 0. The van der Waals surface area contributed by atoms with Gasteiger partial charge in [0, 0.05) is 0 Å². The van der Waals surface area contributed by atoms with Crippen LogP contribution in [-0.4, -0.2) is 20.9 Å². The number of allylic oxidation sites excluding steroid dienone is 1. The van der Waals surface area contributed by atoms with E-state index in [1.54, 1.807) is 1.63 Å². The molecule has 0 unspecified atom stereocenters. The summed E-state index contributed by atoms with van der Waals surface area (Å²) in [6, 6.07) is 10.8. The van der Waals surface area contributed by atoms with E-state index in [1.807, 2.05) is 0 Å². The Kier molecular flexibility index (Phi) is 6.93. The van der Waals surface area contributed by atoms with Crippen molar-refractivity contribution in [1.29, 1.82) is 0 Å². The molecule has 1 aromatic carbocycles. The second-order valence-electron chi connectivity index (χ2n) is 3.07. The Bertz CT molecular complexity index is 280. The number of halogens is 1. The summed E-state index contributed by atoms with van der Waals surface area (Å²) in [6.07, 6.45) is 6.30. The first-order chi connectivity index (χ1) is 6.83. The van der Waals surface area contributed by atoms with E-state index in [0.717, 1.165) is 0 Å². The number of benzene rings is 1. The molecule has 0 spiro atoms. The summed E-state index contributed by atoms with van der Waals surface area (Å²) in [5, 5.41) is 0. The summed E-state index contributed by atoms with van der Waals surface area (Å²) in [5.74, 6) is 0. The van der Waals surface area contributed by atoms with Crippen molar-refractivity contribution in [3.63, 3.8) is 0 Å². The summed E-state index contributed by atoms with van der Waals surface area (Å²) < 4.78 is 3.13. The Hall–Kier alpha value is 0.480. The third-order valence-electron chi connectivity index (χ3n) is 1.82. The maximum atomic E-state index is 2.50. The molecule has 1 aromatic rings.